The highest BCUT2D eigenvalue weighted by Gasteiger charge is 2.25. The van der Waals surface area contributed by atoms with Crippen molar-refractivity contribution in [3.8, 4) is 11.5 Å². The van der Waals surface area contributed by atoms with Crippen LogP contribution in [0.3, 0.4) is 0 Å². The third kappa shape index (κ3) is 4.27. The molecule has 8 heteroatoms. The number of anilines is 1. The molecule has 0 radical (unpaired) electrons. The summed E-state index contributed by atoms with van der Waals surface area (Å²) in [6.45, 7) is 2.83. The lowest BCUT2D eigenvalue weighted by Gasteiger charge is -2.33. The highest BCUT2D eigenvalue weighted by Crippen LogP contribution is 2.25. The van der Waals surface area contributed by atoms with Gasteiger partial charge in [-0.05, 0) is 31.0 Å². The summed E-state index contributed by atoms with van der Waals surface area (Å²) >= 11 is 0. The highest BCUT2D eigenvalue weighted by atomic mass is 16.5. The van der Waals surface area contributed by atoms with Gasteiger partial charge in [0.1, 0.15) is 11.5 Å². The Morgan fingerprint density at radius 1 is 1.31 bits per heavy atom. The van der Waals surface area contributed by atoms with Crippen molar-refractivity contribution in [1.82, 2.24) is 15.3 Å². The van der Waals surface area contributed by atoms with Crippen LogP contribution >= 0.6 is 0 Å². The van der Waals surface area contributed by atoms with Crippen molar-refractivity contribution in [2.45, 2.75) is 31.9 Å². The summed E-state index contributed by atoms with van der Waals surface area (Å²) in [6.07, 6.45) is 4.55. The molecule has 8 nitrogen and oxygen atoms in total. The number of amides is 1. The first-order chi connectivity index (χ1) is 14.2. The molecule has 2 aliphatic heterocycles. The van der Waals surface area contributed by atoms with Crippen LogP contribution < -0.4 is 19.7 Å². The molecule has 0 saturated carbocycles. The molecule has 1 fully saturated rings. The van der Waals surface area contributed by atoms with Crippen LogP contribution in [0.1, 0.15) is 34.5 Å². The van der Waals surface area contributed by atoms with Gasteiger partial charge in [-0.1, -0.05) is 0 Å². The summed E-state index contributed by atoms with van der Waals surface area (Å²) in [6, 6.07) is 5.22. The van der Waals surface area contributed by atoms with Crippen molar-refractivity contribution in [3.05, 3.63) is 41.2 Å². The predicted molar refractivity (Wildman–Crippen MR) is 108 cm³/mol. The van der Waals surface area contributed by atoms with E-state index in [1.54, 1.807) is 32.4 Å². The van der Waals surface area contributed by atoms with Crippen LogP contribution in [0.2, 0.25) is 0 Å². The van der Waals surface area contributed by atoms with Gasteiger partial charge in [-0.25, -0.2) is 9.97 Å². The molecule has 2 aliphatic rings. The lowest BCUT2D eigenvalue weighted by atomic mass is 10.0. The average Bonchev–Trinajstić information content (AvgIpc) is 2.78. The van der Waals surface area contributed by atoms with Crippen LogP contribution in [-0.2, 0) is 17.8 Å². The second-order valence-electron chi connectivity index (χ2n) is 7.27. The van der Waals surface area contributed by atoms with Gasteiger partial charge in [0.05, 0.1) is 38.7 Å². The molecule has 29 heavy (non-hydrogen) atoms. The van der Waals surface area contributed by atoms with Gasteiger partial charge in [-0.3, -0.25) is 4.79 Å². The molecule has 1 atom stereocenters. The summed E-state index contributed by atoms with van der Waals surface area (Å²) in [7, 11) is 3.13. The van der Waals surface area contributed by atoms with Crippen molar-refractivity contribution in [2.24, 2.45) is 0 Å². The number of piperidine rings is 1. The summed E-state index contributed by atoms with van der Waals surface area (Å²) in [5, 5.41) is 3.13. The number of fused-ring (bicyclic) bond motifs is 1. The van der Waals surface area contributed by atoms with Crippen molar-refractivity contribution < 1.29 is 19.0 Å². The number of methoxy groups -OCH3 is 2. The smallest absolute Gasteiger partial charge is 0.255 e. The van der Waals surface area contributed by atoms with Crippen LogP contribution in [0.15, 0.2) is 24.4 Å². The Labute approximate surface area is 170 Å². The number of hydrogen-bond donors (Lipinski definition) is 1. The fraction of sp³-hybridized carbons (Fsp3) is 0.476. The Kier molecular flexibility index (Phi) is 5.80. The Morgan fingerprint density at radius 3 is 3.03 bits per heavy atom. The van der Waals surface area contributed by atoms with Crippen LogP contribution in [-0.4, -0.2) is 55.8 Å². The first kappa shape index (κ1) is 19.4. The fourth-order valence-electron chi connectivity index (χ4n) is 3.80. The molecule has 1 aromatic heterocycles. The zero-order valence-corrected chi connectivity index (χ0v) is 16.8. The molecule has 0 bridgehead atoms. The molecule has 154 valence electrons. The molecule has 3 heterocycles. The SMILES string of the molecule is COc1ccc(OC)c(C(=O)N[C@H]2CCCN(c3ncc4c(n3)CCOC4)C2)c1. The number of carbonyl (C=O) groups excluding carboxylic acids is 1. The molecular formula is C21H26N4O4. The summed E-state index contributed by atoms with van der Waals surface area (Å²) < 4.78 is 16.0. The van der Waals surface area contributed by atoms with Crippen LogP contribution in [0, 0.1) is 0 Å². The Hall–Kier alpha value is -2.87. The van der Waals surface area contributed by atoms with E-state index in [1.165, 1.54) is 0 Å². The number of nitrogens with zero attached hydrogens (tertiary/aromatic N) is 3. The van der Waals surface area contributed by atoms with Crippen LogP contribution in [0.4, 0.5) is 5.95 Å². The van der Waals surface area contributed by atoms with Gasteiger partial charge in [0.15, 0.2) is 0 Å². The molecule has 1 amide bonds. The second kappa shape index (κ2) is 8.65. The molecule has 0 spiro atoms. The lowest BCUT2D eigenvalue weighted by Crippen LogP contribution is -2.48. The van der Waals surface area contributed by atoms with E-state index in [9.17, 15) is 4.79 Å². The average molecular weight is 398 g/mol. The fourth-order valence-corrected chi connectivity index (χ4v) is 3.80. The summed E-state index contributed by atoms with van der Waals surface area (Å²) in [4.78, 5) is 24.3. The van der Waals surface area contributed by atoms with Crippen molar-refractivity contribution in [1.29, 1.82) is 0 Å². The largest absolute Gasteiger partial charge is 0.497 e. The van der Waals surface area contributed by atoms with E-state index in [4.69, 9.17) is 19.2 Å². The third-order valence-electron chi connectivity index (χ3n) is 5.37. The Morgan fingerprint density at radius 2 is 2.21 bits per heavy atom. The van der Waals surface area contributed by atoms with Gasteiger partial charge in [-0.15, -0.1) is 0 Å². The molecule has 1 N–H and O–H groups in total. The first-order valence-electron chi connectivity index (χ1n) is 9.88. The maximum atomic E-state index is 12.9. The van der Waals surface area contributed by atoms with Gasteiger partial charge < -0.3 is 24.4 Å². The minimum atomic E-state index is -0.170. The molecule has 0 aliphatic carbocycles. The van der Waals surface area contributed by atoms with E-state index in [0.29, 0.717) is 36.8 Å². The topological polar surface area (TPSA) is 85.8 Å². The van der Waals surface area contributed by atoms with Crippen LogP contribution in [0.5, 0.6) is 11.5 Å². The normalized spacial score (nSPS) is 18.7. The van der Waals surface area contributed by atoms with E-state index in [1.807, 2.05) is 6.20 Å². The van der Waals surface area contributed by atoms with E-state index >= 15 is 0 Å². The first-order valence-corrected chi connectivity index (χ1v) is 9.88. The summed E-state index contributed by atoms with van der Waals surface area (Å²) in [5.41, 5.74) is 2.59. The van der Waals surface area contributed by atoms with E-state index in [-0.39, 0.29) is 11.9 Å². The zero-order valence-electron chi connectivity index (χ0n) is 16.8. The number of nitrogens with one attached hydrogen (secondary N) is 1. The molecule has 1 aromatic carbocycles. The standard InChI is InChI=1S/C21H26N4O4/c1-27-16-5-6-19(28-2)17(10-16)20(26)23-15-4-3-8-25(12-15)21-22-11-14-13-29-9-7-18(14)24-21/h5-6,10-11,15H,3-4,7-9,12-13H2,1-2H3,(H,23,26)/t15-/m0/s1. The number of ether oxygens (including phenoxy) is 3. The van der Waals surface area contributed by atoms with Crippen molar-refractivity contribution in [2.75, 3.05) is 38.8 Å². The van der Waals surface area contributed by atoms with Gasteiger partial charge in [-0.2, -0.15) is 0 Å². The molecule has 1 saturated heterocycles. The highest BCUT2D eigenvalue weighted by molar-refractivity contribution is 5.97. The Balaban J connectivity index is 1.46. The van der Waals surface area contributed by atoms with E-state index in [2.05, 4.69) is 15.2 Å². The monoisotopic (exact) mass is 398 g/mol. The van der Waals surface area contributed by atoms with Gasteiger partial charge >= 0.3 is 0 Å². The van der Waals surface area contributed by atoms with Crippen LogP contribution in [0.25, 0.3) is 0 Å². The lowest BCUT2D eigenvalue weighted by molar-refractivity contribution is 0.0929. The maximum Gasteiger partial charge on any atom is 0.255 e. The molecule has 4 rings (SSSR count). The van der Waals surface area contributed by atoms with Gasteiger partial charge in [0.25, 0.3) is 5.91 Å². The number of hydrogen-bond acceptors (Lipinski definition) is 7. The van der Waals surface area contributed by atoms with E-state index in [0.717, 1.165) is 43.0 Å². The number of benzene rings is 1. The summed E-state index contributed by atoms with van der Waals surface area (Å²) in [5.74, 6) is 1.70. The van der Waals surface area contributed by atoms with Gasteiger partial charge in [0, 0.05) is 37.3 Å². The maximum absolute atomic E-state index is 12.9. The molecule has 2 aromatic rings. The number of carbonyl (C=O) groups is 1. The van der Waals surface area contributed by atoms with E-state index < -0.39 is 0 Å². The van der Waals surface area contributed by atoms with Gasteiger partial charge in [0.2, 0.25) is 5.95 Å². The number of rotatable bonds is 5. The third-order valence-corrected chi connectivity index (χ3v) is 5.37. The minimum absolute atomic E-state index is 0.00937. The Bertz CT molecular complexity index is 889. The predicted octanol–water partition coefficient (Wildman–Crippen LogP) is 1.97. The van der Waals surface area contributed by atoms with Crippen molar-refractivity contribution >= 4 is 11.9 Å². The second-order valence-corrected chi connectivity index (χ2v) is 7.27. The molecular weight excluding hydrogens is 372 g/mol. The quantitative estimate of drug-likeness (QED) is 0.824. The minimum Gasteiger partial charge on any atom is -0.497 e. The van der Waals surface area contributed by atoms with Crippen molar-refractivity contribution in [3.63, 3.8) is 0 Å². The number of aromatic nitrogens is 2. The molecule has 0 unspecified atom stereocenters. The zero-order chi connectivity index (χ0) is 20.2.